The largest absolute Gasteiger partial charge is 0.400 e. The van der Waals surface area contributed by atoms with Gasteiger partial charge in [-0.05, 0) is 32.9 Å². The van der Waals surface area contributed by atoms with Crippen LogP contribution in [0.3, 0.4) is 0 Å². The molecule has 0 bridgehead atoms. The van der Waals surface area contributed by atoms with E-state index < -0.39 is 0 Å². The number of hydrogen-bond donors (Lipinski definition) is 3. The number of ether oxygens (including phenoxy) is 1. The van der Waals surface area contributed by atoms with Crippen LogP contribution >= 0.6 is 0 Å². The standard InChI is InChI=1S/C4H11N.C4H8O.C2H6O.CH4O/c1-3-5-4-2;1-2-4-5-3-1;1-2-3;1-2/h5H,3-4H2,1-2H3;1-4H2;3H,2H2,1H3;2H,1H3. The maximum absolute atomic E-state index is 7.57. The molecule has 4 heteroatoms. The van der Waals surface area contributed by atoms with Gasteiger partial charge in [0.25, 0.3) is 0 Å². The van der Waals surface area contributed by atoms with Crippen molar-refractivity contribution in [1.29, 1.82) is 0 Å². The molecule has 0 aliphatic carbocycles. The van der Waals surface area contributed by atoms with Gasteiger partial charge in [-0.15, -0.1) is 0 Å². The molecule has 0 aromatic heterocycles. The first-order valence-corrected chi connectivity index (χ1v) is 5.67. The lowest BCUT2D eigenvalue weighted by molar-refractivity contribution is 0.198. The van der Waals surface area contributed by atoms with E-state index in [4.69, 9.17) is 14.9 Å². The first kappa shape index (κ1) is 20.3. The molecule has 0 aromatic rings. The lowest BCUT2D eigenvalue weighted by atomic mass is 10.4. The quantitative estimate of drug-likeness (QED) is 0.654. The third-order valence-electron chi connectivity index (χ3n) is 1.33. The molecule has 96 valence electrons. The van der Waals surface area contributed by atoms with E-state index in [9.17, 15) is 0 Å². The molecular formula is C11H29NO3. The van der Waals surface area contributed by atoms with Crippen LogP contribution in [0.2, 0.25) is 0 Å². The fourth-order valence-electron chi connectivity index (χ4n) is 0.760. The number of aliphatic hydroxyl groups is 2. The van der Waals surface area contributed by atoms with Crippen LogP contribution in [0.15, 0.2) is 0 Å². The second kappa shape index (κ2) is 29.2. The van der Waals surface area contributed by atoms with E-state index in [1.807, 2.05) is 0 Å². The SMILES string of the molecule is C1CCOC1.CCNCC.CCO.CO. The Bertz CT molecular complexity index is 59.2. The van der Waals surface area contributed by atoms with Crippen molar-refractivity contribution in [3.05, 3.63) is 0 Å². The van der Waals surface area contributed by atoms with Gasteiger partial charge in [-0.3, -0.25) is 0 Å². The fraction of sp³-hybridized carbons (Fsp3) is 1.00. The van der Waals surface area contributed by atoms with Crippen molar-refractivity contribution in [2.24, 2.45) is 0 Å². The highest BCUT2D eigenvalue weighted by Gasteiger charge is 1.94. The molecule has 1 aliphatic rings. The Hall–Kier alpha value is -0.160. The van der Waals surface area contributed by atoms with Crippen LogP contribution in [0.1, 0.15) is 33.6 Å². The Kier molecular flexibility index (Phi) is 39.5. The highest BCUT2D eigenvalue weighted by molar-refractivity contribution is 4.43. The summed E-state index contributed by atoms with van der Waals surface area (Å²) in [4.78, 5) is 0. The average Bonchev–Trinajstić information content (AvgIpc) is 2.81. The van der Waals surface area contributed by atoms with E-state index in [1.54, 1.807) is 6.92 Å². The minimum atomic E-state index is 0.250. The summed E-state index contributed by atoms with van der Waals surface area (Å²) < 4.78 is 4.94. The van der Waals surface area contributed by atoms with Gasteiger partial charge in [-0.1, -0.05) is 13.8 Å². The molecule has 0 saturated carbocycles. The Morgan fingerprint density at radius 1 is 1.00 bits per heavy atom. The van der Waals surface area contributed by atoms with E-state index >= 15 is 0 Å². The van der Waals surface area contributed by atoms with E-state index in [-0.39, 0.29) is 6.61 Å². The van der Waals surface area contributed by atoms with Crippen molar-refractivity contribution in [2.75, 3.05) is 40.0 Å². The normalized spacial score (nSPS) is 12.4. The van der Waals surface area contributed by atoms with E-state index in [2.05, 4.69) is 19.2 Å². The summed E-state index contributed by atoms with van der Waals surface area (Å²) in [6, 6.07) is 0. The molecule has 0 unspecified atom stereocenters. The van der Waals surface area contributed by atoms with Gasteiger partial charge < -0.3 is 20.3 Å². The molecule has 1 heterocycles. The summed E-state index contributed by atoms with van der Waals surface area (Å²) in [5.41, 5.74) is 0. The Morgan fingerprint density at radius 2 is 1.33 bits per heavy atom. The zero-order chi connectivity index (χ0) is 12.4. The van der Waals surface area contributed by atoms with Gasteiger partial charge in [0.15, 0.2) is 0 Å². The van der Waals surface area contributed by atoms with E-state index in [1.165, 1.54) is 12.8 Å². The molecule has 0 spiro atoms. The van der Waals surface area contributed by atoms with Crippen molar-refractivity contribution in [2.45, 2.75) is 33.6 Å². The van der Waals surface area contributed by atoms with Crippen molar-refractivity contribution in [3.8, 4) is 0 Å². The summed E-state index contributed by atoms with van der Waals surface area (Å²) >= 11 is 0. The molecule has 0 atom stereocenters. The van der Waals surface area contributed by atoms with Crippen LogP contribution in [0, 0.1) is 0 Å². The molecule has 3 N–H and O–H groups in total. The van der Waals surface area contributed by atoms with Crippen LogP contribution in [-0.2, 0) is 4.74 Å². The first-order valence-electron chi connectivity index (χ1n) is 5.67. The summed E-state index contributed by atoms with van der Waals surface area (Å²) in [6.07, 6.45) is 2.56. The van der Waals surface area contributed by atoms with Gasteiger partial charge in [-0.25, -0.2) is 0 Å². The molecule has 4 nitrogen and oxygen atoms in total. The monoisotopic (exact) mass is 223 g/mol. The summed E-state index contributed by atoms with van der Waals surface area (Å²) in [7, 11) is 1.00. The van der Waals surface area contributed by atoms with Crippen molar-refractivity contribution >= 4 is 0 Å². The van der Waals surface area contributed by atoms with Crippen LogP contribution < -0.4 is 5.32 Å². The predicted molar refractivity (Wildman–Crippen MR) is 65.2 cm³/mol. The third-order valence-corrected chi connectivity index (χ3v) is 1.33. The maximum Gasteiger partial charge on any atom is 0.0466 e. The molecule has 1 aliphatic heterocycles. The zero-order valence-corrected chi connectivity index (χ0v) is 10.8. The molecule has 0 aromatic carbocycles. The minimum absolute atomic E-state index is 0.250. The van der Waals surface area contributed by atoms with Crippen LogP contribution in [0.4, 0.5) is 0 Å². The summed E-state index contributed by atoms with van der Waals surface area (Å²) in [5.74, 6) is 0. The second-order valence-corrected chi connectivity index (χ2v) is 2.59. The maximum atomic E-state index is 7.57. The van der Waals surface area contributed by atoms with Gasteiger partial charge in [0.05, 0.1) is 0 Å². The van der Waals surface area contributed by atoms with Gasteiger partial charge in [0.1, 0.15) is 0 Å². The minimum Gasteiger partial charge on any atom is -0.400 e. The van der Waals surface area contributed by atoms with Crippen LogP contribution in [0.5, 0.6) is 0 Å². The highest BCUT2D eigenvalue weighted by Crippen LogP contribution is 1.98. The fourth-order valence-corrected chi connectivity index (χ4v) is 0.760. The van der Waals surface area contributed by atoms with Gasteiger partial charge in [-0.2, -0.15) is 0 Å². The van der Waals surface area contributed by atoms with Crippen molar-refractivity contribution < 1.29 is 14.9 Å². The van der Waals surface area contributed by atoms with Gasteiger partial charge >= 0.3 is 0 Å². The number of rotatable bonds is 2. The Labute approximate surface area is 94.7 Å². The van der Waals surface area contributed by atoms with Crippen LogP contribution in [-0.4, -0.2) is 50.2 Å². The molecular weight excluding hydrogens is 194 g/mol. The number of nitrogens with one attached hydrogen (secondary N) is 1. The molecule has 0 amide bonds. The van der Waals surface area contributed by atoms with E-state index in [0.717, 1.165) is 33.4 Å². The Morgan fingerprint density at radius 3 is 1.40 bits per heavy atom. The van der Waals surface area contributed by atoms with Gasteiger partial charge in [0.2, 0.25) is 0 Å². The number of aliphatic hydroxyl groups excluding tert-OH is 2. The molecule has 15 heavy (non-hydrogen) atoms. The highest BCUT2D eigenvalue weighted by atomic mass is 16.5. The van der Waals surface area contributed by atoms with Gasteiger partial charge in [0, 0.05) is 26.9 Å². The third kappa shape index (κ3) is 41.5. The Balaban J connectivity index is -0.000000137. The zero-order valence-electron chi connectivity index (χ0n) is 10.8. The lowest BCUT2D eigenvalue weighted by Gasteiger charge is -1.86. The molecule has 1 saturated heterocycles. The summed E-state index contributed by atoms with van der Waals surface area (Å²) in [6.45, 7) is 10.3. The summed E-state index contributed by atoms with van der Waals surface area (Å²) in [5, 5.41) is 17.7. The topological polar surface area (TPSA) is 61.7 Å². The van der Waals surface area contributed by atoms with E-state index in [0.29, 0.717) is 0 Å². The van der Waals surface area contributed by atoms with Crippen LogP contribution in [0.25, 0.3) is 0 Å². The van der Waals surface area contributed by atoms with Crippen molar-refractivity contribution in [1.82, 2.24) is 5.32 Å². The molecule has 1 fully saturated rings. The molecule has 0 radical (unpaired) electrons. The lowest BCUT2D eigenvalue weighted by Crippen LogP contribution is -2.09. The van der Waals surface area contributed by atoms with Crippen molar-refractivity contribution in [3.63, 3.8) is 0 Å². The molecule has 1 rings (SSSR count). The second-order valence-electron chi connectivity index (χ2n) is 2.59. The number of hydrogen-bond acceptors (Lipinski definition) is 4. The smallest absolute Gasteiger partial charge is 0.0466 e. The average molecular weight is 223 g/mol. The predicted octanol–water partition coefficient (Wildman–Crippen LogP) is 1.02. The first-order chi connectivity index (χ1) is 7.33.